The molecule has 1 saturated carbocycles. The molecule has 1 aliphatic heterocycles. The molecule has 1 aliphatic carbocycles. The van der Waals surface area contributed by atoms with Crippen molar-refractivity contribution in [3.05, 3.63) is 0 Å². The van der Waals surface area contributed by atoms with Crippen molar-refractivity contribution in [1.29, 1.82) is 0 Å². The van der Waals surface area contributed by atoms with Crippen molar-refractivity contribution in [2.45, 2.75) is 57.5 Å². The summed E-state index contributed by atoms with van der Waals surface area (Å²) in [4.78, 5) is 2.70. The highest BCUT2D eigenvalue weighted by atomic mass is 15.2. The van der Waals surface area contributed by atoms with Crippen LogP contribution < -0.4 is 5.32 Å². The van der Waals surface area contributed by atoms with Gasteiger partial charge < -0.3 is 5.32 Å². The fourth-order valence-corrected chi connectivity index (χ4v) is 3.00. The summed E-state index contributed by atoms with van der Waals surface area (Å²) in [6.07, 6.45) is 8.58. The molecule has 2 aliphatic rings. The molecule has 0 bridgehead atoms. The summed E-state index contributed by atoms with van der Waals surface area (Å²) in [7, 11) is 0. The molecule has 0 aromatic rings. The number of hydrogen-bond acceptors (Lipinski definition) is 2. The fourth-order valence-electron chi connectivity index (χ4n) is 3.00. The average Bonchev–Trinajstić information content (AvgIpc) is 2.86. The quantitative estimate of drug-likeness (QED) is 0.740. The van der Waals surface area contributed by atoms with E-state index in [9.17, 15) is 0 Å². The zero-order valence-corrected chi connectivity index (χ0v) is 9.47. The Hall–Kier alpha value is -0.0800. The maximum absolute atomic E-state index is 3.60. The Morgan fingerprint density at radius 2 is 1.93 bits per heavy atom. The van der Waals surface area contributed by atoms with Crippen molar-refractivity contribution in [1.82, 2.24) is 10.2 Å². The minimum Gasteiger partial charge on any atom is -0.313 e. The Labute approximate surface area is 88.1 Å². The summed E-state index contributed by atoms with van der Waals surface area (Å²) in [6.45, 7) is 6.09. The third-order valence-electron chi connectivity index (χ3n) is 3.86. The lowest BCUT2D eigenvalue weighted by molar-refractivity contribution is 0.191. The van der Waals surface area contributed by atoms with E-state index in [2.05, 4.69) is 17.1 Å². The first-order valence-corrected chi connectivity index (χ1v) is 6.37. The van der Waals surface area contributed by atoms with Gasteiger partial charge in [0.1, 0.15) is 0 Å². The average molecular weight is 196 g/mol. The van der Waals surface area contributed by atoms with E-state index in [0.29, 0.717) is 0 Å². The minimum atomic E-state index is 0.788. The lowest BCUT2D eigenvalue weighted by Crippen LogP contribution is -2.42. The molecule has 2 fully saturated rings. The molecule has 0 radical (unpaired) electrons. The van der Waals surface area contributed by atoms with Crippen LogP contribution in [-0.4, -0.2) is 36.6 Å². The van der Waals surface area contributed by atoms with Gasteiger partial charge in [0.15, 0.2) is 0 Å². The molecule has 0 amide bonds. The van der Waals surface area contributed by atoms with Crippen molar-refractivity contribution in [2.24, 2.45) is 0 Å². The third kappa shape index (κ3) is 2.48. The summed E-state index contributed by atoms with van der Waals surface area (Å²) in [6, 6.07) is 1.69. The second kappa shape index (κ2) is 5.13. The van der Waals surface area contributed by atoms with Crippen LogP contribution in [0, 0.1) is 0 Å². The largest absolute Gasteiger partial charge is 0.313 e. The molecule has 2 heteroatoms. The summed E-state index contributed by atoms with van der Waals surface area (Å²) in [5.74, 6) is 0. The molecule has 1 saturated heterocycles. The van der Waals surface area contributed by atoms with Crippen molar-refractivity contribution < 1.29 is 0 Å². The Morgan fingerprint density at radius 3 is 2.50 bits per heavy atom. The van der Waals surface area contributed by atoms with Crippen LogP contribution in [0.15, 0.2) is 0 Å². The monoisotopic (exact) mass is 196 g/mol. The maximum atomic E-state index is 3.60. The van der Waals surface area contributed by atoms with E-state index in [4.69, 9.17) is 0 Å². The van der Waals surface area contributed by atoms with Gasteiger partial charge in [0.05, 0.1) is 0 Å². The van der Waals surface area contributed by atoms with Gasteiger partial charge >= 0.3 is 0 Å². The van der Waals surface area contributed by atoms with Gasteiger partial charge in [0.2, 0.25) is 0 Å². The van der Waals surface area contributed by atoms with E-state index in [1.807, 2.05) is 0 Å². The predicted octanol–water partition coefficient (Wildman–Crippen LogP) is 2.00. The summed E-state index contributed by atoms with van der Waals surface area (Å²) < 4.78 is 0. The highest BCUT2D eigenvalue weighted by Crippen LogP contribution is 2.24. The number of nitrogens with zero attached hydrogens (tertiary/aromatic N) is 1. The Kier molecular flexibility index (Phi) is 3.82. The van der Waals surface area contributed by atoms with E-state index < -0.39 is 0 Å². The molecule has 0 spiro atoms. The molecule has 2 rings (SSSR count). The molecule has 2 nitrogen and oxygen atoms in total. The van der Waals surface area contributed by atoms with Crippen LogP contribution in [0.4, 0.5) is 0 Å². The highest BCUT2D eigenvalue weighted by molar-refractivity contribution is 4.83. The summed E-state index contributed by atoms with van der Waals surface area (Å²) in [5.41, 5.74) is 0. The van der Waals surface area contributed by atoms with Gasteiger partial charge in [-0.2, -0.15) is 0 Å². The summed E-state index contributed by atoms with van der Waals surface area (Å²) in [5, 5.41) is 3.60. The second-order valence-corrected chi connectivity index (χ2v) is 4.82. The topological polar surface area (TPSA) is 15.3 Å². The van der Waals surface area contributed by atoms with Crippen LogP contribution >= 0.6 is 0 Å². The van der Waals surface area contributed by atoms with Gasteiger partial charge in [-0.1, -0.05) is 19.8 Å². The van der Waals surface area contributed by atoms with Crippen LogP contribution in [0.3, 0.4) is 0 Å². The van der Waals surface area contributed by atoms with Gasteiger partial charge in [-0.05, 0) is 38.8 Å². The van der Waals surface area contributed by atoms with Crippen LogP contribution in [0.2, 0.25) is 0 Å². The standard InChI is InChI=1S/C12H24N2/c1-2-14(12-7-3-4-8-12)10-11-6-5-9-13-11/h11-13H,2-10H2,1H3/t11-/m1/s1. The minimum absolute atomic E-state index is 0.788. The van der Waals surface area contributed by atoms with Gasteiger partial charge in [-0.3, -0.25) is 4.90 Å². The van der Waals surface area contributed by atoms with E-state index in [0.717, 1.165) is 12.1 Å². The molecule has 14 heavy (non-hydrogen) atoms. The number of likely N-dealkylation sites (N-methyl/N-ethyl adjacent to an activating group) is 1. The fraction of sp³-hybridized carbons (Fsp3) is 1.00. The molecule has 1 atom stereocenters. The maximum Gasteiger partial charge on any atom is 0.0195 e. The van der Waals surface area contributed by atoms with Crippen LogP contribution in [0.25, 0.3) is 0 Å². The molecule has 0 unspecified atom stereocenters. The SMILES string of the molecule is CCN(C[C@H]1CCCN1)C1CCCC1. The lowest BCUT2D eigenvalue weighted by Gasteiger charge is -2.30. The van der Waals surface area contributed by atoms with Gasteiger partial charge in [-0.15, -0.1) is 0 Å². The number of nitrogens with one attached hydrogen (secondary N) is 1. The molecule has 0 aromatic carbocycles. The van der Waals surface area contributed by atoms with Gasteiger partial charge in [0, 0.05) is 18.6 Å². The zero-order valence-electron chi connectivity index (χ0n) is 9.47. The summed E-state index contributed by atoms with van der Waals surface area (Å²) >= 11 is 0. The van der Waals surface area contributed by atoms with Crippen LogP contribution in [0.1, 0.15) is 45.4 Å². The lowest BCUT2D eigenvalue weighted by atomic mass is 10.1. The van der Waals surface area contributed by atoms with Crippen LogP contribution in [0.5, 0.6) is 0 Å². The van der Waals surface area contributed by atoms with E-state index in [1.165, 1.54) is 58.2 Å². The third-order valence-corrected chi connectivity index (χ3v) is 3.86. The number of rotatable bonds is 4. The molecule has 1 heterocycles. The molecular formula is C12H24N2. The number of hydrogen-bond donors (Lipinski definition) is 1. The molecule has 82 valence electrons. The molecule has 1 N–H and O–H groups in total. The predicted molar refractivity (Wildman–Crippen MR) is 60.5 cm³/mol. The van der Waals surface area contributed by atoms with Gasteiger partial charge in [-0.25, -0.2) is 0 Å². The van der Waals surface area contributed by atoms with Crippen molar-refractivity contribution in [3.8, 4) is 0 Å². The normalized spacial score (nSPS) is 29.1. The first-order valence-electron chi connectivity index (χ1n) is 6.37. The smallest absolute Gasteiger partial charge is 0.0195 e. The first-order chi connectivity index (χ1) is 6.90. The highest BCUT2D eigenvalue weighted by Gasteiger charge is 2.24. The van der Waals surface area contributed by atoms with Crippen molar-refractivity contribution in [3.63, 3.8) is 0 Å². The zero-order chi connectivity index (χ0) is 9.80. The second-order valence-electron chi connectivity index (χ2n) is 4.82. The van der Waals surface area contributed by atoms with E-state index in [1.54, 1.807) is 0 Å². The first kappa shape index (κ1) is 10.4. The van der Waals surface area contributed by atoms with E-state index >= 15 is 0 Å². The van der Waals surface area contributed by atoms with Crippen molar-refractivity contribution >= 4 is 0 Å². The molecule has 0 aromatic heterocycles. The Morgan fingerprint density at radius 1 is 1.14 bits per heavy atom. The Balaban J connectivity index is 1.79. The van der Waals surface area contributed by atoms with Gasteiger partial charge in [0.25, 0.3) is 0 Å². The van der Waals surface area contributed by atoms with Crippen LogP contribution in [-0.2, 0) is 0 Å². The molecular weight excluding hydrogens is 172 g/mol. The Bertz CT molecular complexity index is 158. The van der Waals surface area contributed by atoms with E-state index in [-0.39, 0.29) is 0 Å². The van der Waals surface area contributed by atoms with Crippen molar-refractivity contribution in [2.75, 3.05) is 19.6 Å².